The lowest BCUT2D eigenvalue weighted by Gasteiger charge is -2.09. The summed E-state index contributed by atoms with van der Waals surface area (Å²) < 4.78 is 0. The van der Waals surface area contributed by atoms with E-state index in [9.17, 15) is 14.4 Å². The molecular formula is C8H15N3O5. The first-order valence-electron chi connectivity index (χ1n) is 4.60. The minimum Gasteiger partial charge on any atom is -0.479 e. The van der Waals surface area contributed by atoms with E-state index >= 15 is 0 Å². The maximum atomic E-state index is 11.0. The van der Waals surface area contributed by atoms with Crippen LogP contribution in [-0.4, -0.2) is 53.9 Å². The number of carboxylic acid groups (broad SMARTS) is 1. The van der Waals surface area contributed by atoms with Crippen molar-refractivity contribution in [1.29, 1.82) is 0 Å². The summed E-state index contributed by atoms with van der Waals surface area (Å²) >= 11 is 0. The van der Waals surface area contributed by atoms with Gasteiger partial charge in [0.15, 0.2) is 6.10 Å². The fourth-order valence-corrected chi connectivity index (χ4v) is 0.754. The van der Waals surface area contributed by atoms with Crippen LogP contribution in [0, 0.1) is 0 Å². The first-order valence-corrected chi connectivity index (χ1v) is 4.60. The molecule has 8 heteroatoms. The topological polar surface area (TPSA) is 128 Å². The van der Waals surface area contributed by atoms with Crippen molar-refractivity contribution in [2.24, 2.45) is 0 Å². The summed E-state index contributed by atoms with van der Waals surface area (Å²) in [5, 5.41) is 24.1. The highest BCUT2D eigenvalue weighted by Gasteiger charge is 2.13. The molecule has 0 aromatic carbocycles. The molecule has 0 spiro atoms. The standard InChI is InChI=1S/C8H15N3O5/c1-5(12)9-2-3-10-8(16)11-4-6(13)7(14)15/h6,13H,2-4H2,1H3,(H,9,12)(H,14,15)(H2,10,11,16). The van der Waals surface area contributed by atoms with Gasteiger partial charge in [-0.2, -0.15) is 0 Å². The Morgan fingerprint density at radius 3 is 2.19 bits per heavy atom. The van der Waals surface area contributed by atoms with E-state index in [-0.39, 0.29) is 25.5 Å². The molecule has 1 unspecified atom stereocenters. The second-order valence-electron chi connectivity index (χ2n) is 2.97. The largest absolute Gasteiger partial charge is 0.479 e. The van der Waals surface area contributed by atoms with Crippen molar-refractivity contribution in [3.05, 3.63) is 0 Å². The van der Waals surface area contributed by atoms with Crippen LogP contribution < -0.4 is 16.0 Å². The Labute approximate surface area is 92.0 Å². The summed E-state index contributed by atoms with van der Waals surface area (Å²) in [6, 6.07) is -0.606. The summed E-state index contributed by atoms with van der Waals surface area (Å²) in [6.45, 7) is 1.48. The summed E-state index contributed by atoms with van der Waals surface area (Å²) in [6.07, 6.45) is -1.62. The van der Waals surface area contributed by atoms with Crippen molar-refractivity contribution in [2.45, 2.75) is 13.0 Å². The number of rotatable bonds is 6. The van der Waals surface area contributed by atoms with Crippen molar-refractivity contribution in [2.75, 3.05) is 19.6 Å². The van der Waals surface area contributed by atoms with E-state index in [1.807, 2.05) is 0 Å². The molecule has 0 heterocycles. The maximum absolute atomic E-state index is 11.0. The van der Waals surface area contributed by atoms with E-state index in [1.165, 1.54) is 6.92 Å². The molecule has 0 radical (unpaired) electrons. The van der Waals surface area contributed by atoms with Gasteiger partial charge < -0.3 is 26.2 Å². The molecule has 0 aromatic heterocycles. The Kier molecular flexibility index (Phi) is 6.61. The molecule has 92 valence electrons. The maximum Gasteiger partial charge on any atom is 0.334 e. The van der Waals surface area contributed by atoms with Gasteiger partial charge in [-0.25, -0.2) is 9.59 Å². The van der Waals surface area contributed by atoms with Crippen LogP contribution in [-0.2, 0) is 9.59 Å². The minimum atomic E-state index is -1.62. The highest BCUT2D eigenvalue weighted by atomic mass is 16.4. The number of carbonyl (C=O) groups excluding carboxylic acids is 2. The van der Waals surface area contributed by atoms with Crippen molar-refractivity contribution in [3.8, 4) is 0 Å². The number of nitrogens with one attached hydrogen (secondary N) is 3. The Balaban J connectivity index is 3.52. The van der Waals surface area contributed by atoms with Crippen LogP contribution in [0.15, 0.2) is 0 Å². The zero-order chi connectivity index (χ0) is 12.6. The normalized spacial score (nSPS) is 11.4. The van der Waals surface area contributed by atoms with Crippen LogP contribution in [0.3, 0.4) is 0 Å². The second kappa shape index (κ2) is 7.46. The van der Waals surface area contributed by atoms with Gasteiger partial charge in [0.2, 0.25) is 5.91 Å². The number of aliphatic hydroxyl groups is 1. The lowest BCUT2D eigenvalue weighted by Crippen LogP contribution is -2.44. The Hall–Kier alpha value is -1.83. The van der Waals surface area contributed by atoms with Gasteiger partial charge >= 0.3 is 12.0 Å². The first kappa shape index (κ1) is 14.2. The highest BCUT2D eigenvalue weighted by Crippen LogP contribution is 1.79. The molecule has 0 bridgehead atoms. The van der Waals surface area contributed by atoms with Crippen LogP contribution in [0.25, 0.3) is 0 Å². The number of carbonyl (C=O) groups is 3. The van der Waals surface area contributed by atoms with Crippen molar-refractivity contribution < 1.29 is 24.6 Å². The third-order valence-electron chi connectivity index (χ3n) is 1.53. The van der Waals surface area contributed by atoms with Gasteiger partial charge in [-0.1, -0.05) is 0 Å². The summed E-state index contributed by atoms with van der Waals surface area (Å²) in [4.78, 5) is 31.6. The van der Waals surface area contributed by atoms with Gasteiger partial charge in [0.1, 0.15) is 0 Å². The average molecular weight is 233 g/mol. The number of urea groups is 1. The molecule has 0 aromatic rings. The summed E-state index contributed by atoms with van der Waals surface area (Å²) in [5.41, 5.74) is 0. The first-order chi connectivity index (χ1) is 7.43. The van der Waals surface area contributed by atoms with Crippen LogP contribution >= 0.6 is 0 Å². The molecule has 16 heavy (non-hydrogen) atoms. The molecule has 0 aliphatic heterocycles. The molecule has 8 nitrogen and oxygen atoms in total. The van der Waals surface area contributed by atoms with Crippen LogP contribution in [0.1, 0.15) is 6.92 Å². The van der Waals surface area contributed by atoms with E-state index in [4.69, 9.17) is 10.2 Å². The molecule has 5 N–H and O–H groups in total. The van der Waals surface area contributed by atoms with E-state index < -0.39 is 18.1 Å². The number of aliphatic hydroxyl groups excluding tert-OH is 1. The summed E-state index contributed by atoms with van der Waals surface area (Å²) in [5.74, 6) is -1.61. The number of hydrogen-bond acceptors (Lipinski definition) is 4. The molecule has 0 fully saturated rings. The van der Waals surface area contributed by atoms with Crippen molar-refractivity contribution >= 4 is 17.9 Å². The molecule has 3 amide bonds. The zero-order valence-corrected chi connectivity index (χ0v) is 8.82. The van der Waals surface area contributed by atoms with Gasteiger partial charge in [-0.3, -0.25) is 4.79 Å². The number of carboxylic acids is 1. The third-order valence-corrected chi connectivity index (χ3v) is 1.53. The average Bonchev–Trinajstić information content (AvgIpc) is 2.20. The van der Waals surface area contributed by atoms with Gasteiger partial charge in [0, 0.05) is 20.0 Å². The molecule has 1 atom stereocenters. The highest BCUT2D eigenvalue weighted by molar-refractivity contribution is 5.76. The fraction of sp³-hybridized carbons (Fsp3) is 0.625. The predicted molar refractivity (Wildman–Crippen MR) is 53.7 cm³/mol. The zero-order valence-electron chi connectivity index (χ0n) is 8.82. The van der Waals surface area contributed by atoms with E-state index in [0.717, 1.165) is 0 Å². The Bertz CT molecular complexity index is 268. The smallest absolute Gasteiger partial charge is 0.334 e. The van der Waals surface area contributed by atoms with Crippen molar-refractivity contribution in [1.82, 2.24) is 16.0 Å². The van der Waals surface area contributed by atoms with E-state index in [2.05, 4.69) is 16.0 Å². The lowest BCUT2D eigenvalue weighted by molar-refractivity contribution is -0.146. The van der Waals surface area contributed by atoms with Gasteiger partial charge in [-0.05, 0) is 0 Å². The minimum absolute atomic E-state index is 0.205. The van der Waals surface area contributed by atoms with E-state index in [1.54, 1.807) is 0 Å². The fourth-order valence-electron chi connectivity index (χ4n) is 0.754. The Morgan fingerprint density at radius 1 is 1.12 bits per heavy atom. The van der Waals surface area contributed by atoms with Crippen LogP contribution in [0.5, 0.6) is 0 Å². The quantitative estimate of drug-likeness (QED) is 0.335. The number of hydrogen-bond donors (Lipinski definition) is 5. The van der Waals surface area contributed by atoms with E-state index in [0.29, 0.717) is 0 Å². The van der Waals surface area contributed by atoms with Gasteiger partial charge in [0.25, 0.3) is 0 Å². The van der Waals surface area contributed by atoms with Crippen molar-refractivity contribution in [3.63, 3.8) is 0 Å². The van der Waals surface area contributed by atoms with Gasteiger partial charge in [-0.15, -0.1) is 0 Å². The molecule has 0 rings (SSSR count). The predicted octanol–water partition coefficient (Wildman–Crippen LogP) is -2.13. The van der Waals surface area contributed by atoms with Crippen LogP contribution in [0.4, 0.5) is 4.79 Å². The summed E-state index contributed by atoms with van der Waals surface area (Å²) in [7, 11) is 0. The third kappa shape index (κ3) is 7.56. The SMILES string of the molecule is CC(=O)NCCNC(=O)NCC(O)C(=O)O. The Morgan fingerprint density at radius 2 is 1.69 bits per heavy atom. The number of amides is 3. The molecule has 0 aliphatic carbocycles. The second-order valence-corrected chi connectivity index (χ2v) is 2.97. The molecule has 0 saturated heterocycles. The van der Waals surface area contributed by atoms with Gasteiger partial charge in [0.05, 0.1) is 6.54 Å². The molecule has 0 aliphatic rings. The monoisotopic (exact) mass is 233 g/mol. The lowest BCUT2D eigenvalue weighted by atomic mass is 10.4. The van der Waals surface area contributed by atoms with Crippen LogP contribution in [0.2, 0.25) is 0 Å². The molecular weight excluding hydrogens is 218 g/mol. The molecule has 0 saturated carbocycles. The number of aliphatic carboxylic acids is 1.